The Bertz CT molecular complexity index is 397. The highest BCUT2D eigenvalue weighted by Gasteiger charge is 2.24. The highest BCUT2D eigenvalue weighted by atomic mass is 35.5. The molecule has 17 heavy (non-hydrogen) atoms. The van der Waals surface area contributed by atoms with E-state index in [4.69, 9.17) is 11.6 Å². The predicted octanol–water partition coefficient (Wildman–Crippen LogP) is 1.87. The van der Waals surface area contributed by atoms with Crippen LogP contribution in [0, 0.1) is 0 Å². The van der Waals surface area contributed by atoms with Crippen LogP contribution < -0.4 is 5.01 Å². The zero-order valence-corrected chi connectivity index (χ0v) is 10.3. The third kappa shape index (κ3) is 3.10. The number of methoxy groups -OCH3 is 1. The summed E-state index contributed by atoms with van der Waals surface area (Å²) in [5, 5.41) is 2.24. The summed E-state index contributed by atoms with van der Waals surface area (Å²) < 4.78 is 4.63. The molecule has 1 aromatic rings. The summed E-state index contributed by atoms with van der Waals surface area (Å²) in [7, 11) is 2.70. The molecule has 0 aliphatic carbocycles. The first kappa shape index (κ1) is 13.3. The van der Waals surface area contributed by atoms with Crippen molar-refractivity contribution >= 4 is 29.3 Å². The molecule has 6 heteroatoms. The summed E-state index contributed by atoms with van der Waals surface area (Å²) in [5.74, 6) is -0.613. The molecule has 0 unspecified atom stereocenters. The van der Waals surface area contributed by atoms with Gasteiger partial charge in [0, 0.05) is 7.05 Å². The highest BCUT2D eigenvalue weighted by Crippen LogP contribution is 2.16. The lowest BCUT2D eigenvalue weighted by atomic mass is 10.3. The summed E-state index contributed by atoms with van der Waals surface area (Å²) in [5.41, 5.74) is 0.528. The number of anilines is 1. The van der Waals surface area contributed by atoms with Gasteiger partial charge in [0.25, 0.3) is 5.91 Å². The van der Waals surface area contributed by atoms with Crippen LogP contribution in [0.5, 0.6) is 0 Å². The van der Waals surface area contributed by atoms with Gasteiger partial charge in [0.1, 0.15) is 5.88 Å². The molecule has 2 amide bonds. The summed E-state index contributed by atoms with van der Waals surface area (Å²) in [4.78, 5) is 23.1. The molecular formula is C11H13ClN2O3. The van der Waals surface area contributed by atoms with Gasteiger partial charge in [-0.05, 0) is 12.1 Å². The quantitative estimate of drug-likeness (QED) is 0.600. The predicted molar refractivity (Wildman–Crippen MR) is 64.8 cm³/mol. The van der Waals surface area contributed by atoms with Gasteiger partial charge in [-0.3, -0.25) is 4.79 Å². The number of hydrogen-bond acceptors (Lipinski definition) is 3. The Morgan fingerprint density at radius 3 is 2.35 bits per heavy atom. The van der Waals surface area contributed by atoms with Crippen molar-refractivity contribution in [3.05, 3.63) is 30.3 Å². The SMILES string of the molecule is COC(=O)N(c1ccccc1)N(C)C(=O)CCl. The van der Waals surface area contributed by atoms with Gasteiger partial charge in [-0.1, -0.05) is 18.2 Å². The molecule has 0 radical (unpaired) electrons. The first-order valence-electron chi connectivity index (χ1n) is 4.87. The Balaban J connectivity index is 3.05. The van der Waals surface area contributed by atoms with Gasteiger partial charge in [0.05, 0.1) is 12.8 Å². The molecule has 0 bridgehead atoms. The van der Waals surface area contributed by atoms with Crippen molar-refractivity contribution < 1.29 is 14.3 Å². The number of carbonyl (C=O) groups excluding carboxylic acids is 2. The third-order valence-electron chi connectivity index (χ3n) is 2.12. The zero-order chi connectivity index (χ0) is 12.8. The molecule has 0 atom stereocenters. The normalized spacial score (nSPS) is 9.59. The van der Waals surface area contributed by atoms with Gasteiger partial charge in [-0.2, -0.15) is 5.01 Å². The van der Waals surface area contributed by atoms with E-state index >= 15 is 0 Å². The van der Waals surface area contributed by atoms with Gasteiger partial charge < -0.3 is 4.74 Å². The van der Waals surface area contributed by atoms with E-state index in [0.29, 0.717) is 5.69 Å². The van der Waals surface area contributed by atoms with Crippen LogP contribution in [0.3, 0.4) is 0 Å². The number of para-hydroxylation sites is 1. The number of hydrogen-bond donors (Lipinski definition) is 0. The molecule has 5 nitrogen and oxygen atoms in total. The van der Waals surface area contributed by atoms with Crippen molar-refractivity contribution in [2.45, 2.75) is 0 Å². The van der Waals surface area contributed by atoms with Crippen LogP contribution in [0.2, 0.25) is 0 Å². The van der Waals surface area contributed by atoms with Crippen molar-refractivity contribution in [2.24, 2.45) is 0 Å². The third-order valence-corrected chi connectivity index (χ3v) is 2.35. The van der Waals surface area contributed by atoms with E-state index < -0.39 is 12.0 Å². The number of alkyl halides is 1. The molecule has 0 aliphatic rings. The molecule has 0 N–H and O–H groups in total. The lowest BCUT2D eigenvalue weighted by molar-refractivity contribution is -0.127. The second kappa shape index (κ2) is 6.10. The number of carbonyl (C=O) groups is 2. The number of nitrogens with zero attached hydrogens (tertiary/aromatic N) is 2. The van der Waals surface area contributed by atoms with Gasteiger partial charge in [-0.15, -0.1) is 11.6 Å². The Labute approximate surface area is 104 Å². The number of benzene rings is 1. The number of hydrazine groups is 1. The Morgan fingerprint density at radius 1 is 1.29 bits per heavy atom. The Hall–Kier alpha value is -1.75. The van der Waals surface area contributed by atoms with Crippen LogP contribution in [0.15, 0.2) is 30.3 Å². The second-order valence-electron chi connectivity index (χ2n) is 3.17. The van der Waals surface area contributed by atoms with Crippen LogP contribution in [0.25, 0.3) is 0 Å². The van der Waals surface area contributed by atoms with E-state index in [9.17, 15) is 9.59 Å². The molecule has 0 saturated carbocycles. The van der Waals surface area contributed by atoms with Crippen molar-refractivity contribution in [2.75, 3.05) is 25.0 Å². The fourth-order valence-electron chi connectivity index (χ4n) is 1.25. The van der Waals surface area contributed by atoms with Gasteiger partial charge in [-0.25, -0.2) is 9.80 Å². The average molecular weight is 257 g/mol. The van der Waals surface area contributed by atoms with Gasteiger partial charge in [0.15, 0.2) is 0 Å². The minimum Gasteiger partial charge on any atom is -0.451 e. The summed E-state index contributed by atoms with van der Waals surface area (Å²) in [6.45, 7) is 0. The van der Waals surface area contributed by atoms with Crippen molar-refractivity contribution in [1.82, 2.24) is 5.01 Å². The Morgan fingerprint density at radius 2 is 1.88 bits per heavy atom. The molecular weight excluding hydrogens is 244 g/mol. The van der Waals surface area contributed by atoms with E-state index in [0.717, 1.165) is 10.0 Å². The molecule has 0 heterocycles. The lowest BCUT2D eigenvalue weighted by Crippen LogP contribution is -2.48. The lowest BCUT2D eigenvalue weighted by Gasteiger charge is -2.29. The van der Waals surface area contributed by atoms with Crippen LogP contribution in [0.4, 0.5) is 10.5 Å². The zero-order valence-electron chi connectivity index (χ0n) is 9.59. The van der Waals surface area contributed by atoms with Crippen LogP contribution in [0.1, 0.15) is 0 Å². The van der Waals surface area contributed by atoms with Crippen molar-refractivity contribution in [1.29, 1.82) is 0 Å². The van der Waals surface area contributed by atoms with Gasteiger partial charge in [0.2, 0.25) is 0 Å². The van der Waals surface area contributed by atoms with E-state index in [1.54, 1.807) is 24.3 Å². The summed E-state index contributed by atoms with van der Waals surface area (Å²) >= 11 is 5.46. The second-order valence-corrected chi connectivity index (χ2v) is 3.44. The van der Waals surface area contributed by atoms with E-state index in [2.05, 4.69) is 4.74 Å². The molecule has 0 fully saturated rings. The van der Waals surface area contributed by atoms with Gasteiger partial charge >= 0.3 is 6.09 Å². The maximum Gasteiger partial charge on any atom is 0.433 e. The number of amides is 2. The maximum atomic E-state index is 11.6. The number of rotatable bonds is 2. The summed E-state index contributed by atoms with van der Waals surface area (Å²) in [6.07, 6.45) is -0.655. The fourth-order valence-corrected chi connectivity index (χ4v) is 1.43. The minimum absolute atomic E-state index is 0.211. The smallest absolute Gasteiger partial charge is 0.433 e. The fraction of sp³-hybridized carbons (Fsp3) is 0.273. The summed E-state index contributed by atoms with van der Waals surface area (Å²) in [6, 6.07) is 8.70. The molecule has 0 aromatic heterocycles. The first-order valence-corrected chi connectivity index (χ1v) is 5.40. The Kier molecular flexibility index (Phi) is 4.78. The molecule has 0 saturated heterocycles. The molecule has 92 valence electrons. The van der Waals surface area contributed by atoms with E-state index in [1.165, 1.54) is 14.2 Å². The van der Waals surface area contributed by atoms with Crippen molar-refractivity contribution in [3.63, 3.8) is 0 Å². The van der Waals surface area contributed by atoms with Crippen LogP contribution in [-0.4, -0.2) is 37.0 Å². The number of halogens is 1. The minimum atomic E-state index is -0.655. The maximum absolute atomic E-state index is 11.6. The van der Waals surface area contributed by atoms with Crippen LogP contribution >= 0.6 is 11.6 Å². The molecule has 0 aliphatic heterocycles. The van der Waals surface area contributed by atoms with E-state index in [-0.39, 0.29) is 5.88 Å². The van der Waals surface area contributed by atoms with Crippen molar-refractivity contribution in [3.8, 4) is 0 Å². The van der Waals surface area contributed by atoms with Crippen LogP contribution in [-0.2, 0) is 9.53 Å². The molecule has 0 spiro atoms. The highest BCUT2D eigenvalue weighted by molar-refractivity contribution is 6.27. The molecule has 1 rings (SSSR count). The topological polar surface area (TPSA) is 49.9 Å². The first-order chi connectivity index (χ1) is 8.11. The standard InChI is InChI=1S/C11H13ClN2O3/c1-13(10(15)8-12)14(11(16)17-2)9-6-4-3-5-7-9/h3-7H,8H2,1-2H3. The number of ether oxygens (including phenoxy) is 1. The largest absolute Gasteiger partial charge is 0.451 e. The monoisotopic (exact) mass is 256 g/mol. The average Bonchev–Trinajstić information content (AvgIpc) is 2.38. The van der Waals surface area contributed by atoms with E-state index in [1.807, 2.05) is 6.07 Å². The molecule has 1 aromatic carbocycles.